The van der Waals surface area contributed by atoms with Crippen molar-refractivity contribution in [1.29, 1.82) is 0 Å². The highest BCUT2D eigenvalue weighted by atomic mass is 79.9. The second kappa shape index (κ2) is 6.38. The summed E-state index contributed by atoms with van der Waals surface area (Å²) >= 11 is 3.20. The van der Waals surface area contributed by atoms with E-state index in [1.54, 1.807) is 0 Å². The molecule has 124 valence electrons. The van der Waals surface area contributed by atoms with E-state index in [0.717, 1.165) is 6.92 Å². The summed E-state index contributed by atoms with van der Waals surface area (Å²) in [6, 6.07) is 3.04. The molecular formula is C11H11BrN3O7P. The third-order valence-electron chi connectivity index (χ3n) is 2.75. The Morgan fingerprint density at radius 2 is 1.91 bits per heavy atom. The molecule has 1 amide bonds. The van der Waals surface area contributed by atoms with Crippen molar-refractivity contribution in [3.05, 3.63) is 42.9 Å². The largest absolute Gasteiger partial charge is 0.491 e. The summed E-state index contributed by atoms with van der Waals surface area (Å²) < 4.78 is 15.8. The first kappa shape index (κ1) is 17.6. The van der Waals surface area contributed by atoms with Gasteiger partial charge in [-0.15, -0.1) is 0 Å². The highest BCUT2D eigenvalue weighted by Gasteiger charge is 2.24. The number of aromatic nitrogens is 2. The number of nitrogens with one attached hydrogen (secondary N) is 2. The standard InChI is InChI=1S/C11H11BrN3O7P/c1-5(16)15(22-23(19,20)21)4-6-2-7(12)3-8-9(6)14-11(18)10(17)13-8/h2-3H,4H2,1H3,(H,13,17)(H,14,18)(H2,19,20,21). The molecule has 0 aliphatic heterocycles. The van der Waals surface area contributed by atoms with Crippen LogP contribution in [0.1, 0.15) is 12.5 Å². The molecule has 1 aromatic carbocycles. The minimum atomic E-state index is -4.94. The van der Waals surface area contributed by atoms with Crippen molar-refractivity contribution < 1.29 is 23.8 Å². The molecule has 0 radical (unpaired) electrons. The smallest absolute Gasteiger partial charge is 0.316 e. The fourth-order valence-corrected chi connectivity index (χ4v) is 2.80. The summed E-state index contributed by atoms with van der Waals surface area (Å²) in [7, 11) is -4.94. The average Bonchev–Trinajstić information content (AvgIpc) is 2.38. The lowest BCUT2D eigenvalue weighted by atomic mass is 10.1. The van der Waals surface area contributed by atoms with Crippen molar-refractivity contribution in [3.63, 3.8) is 0 Å². The Bertz CT molecular complexity index is 931. The van der Waals surface area contributed by atoms with Gasteiger partial charge in [-0.2, -0.15) is 4.62 Å². The Kier molecular flexibility index (Phi) is 4.87. The molecule has 0 spiro atoms. The van der Waals surface area contributed by atoms with E-state index in [1.165, 1.54) is 12.1 Å². The molecule has 0 aliphatic rings. The molecular weight excluding hydrogens is 397 g/mol. The number of benzene rings is 1. The summed E-state index contributed by atoms with van der Waals surface area (Å²) in [4.78, 5) is 56.7. The second-order valence-electron chi connectivity index (χ2n) is 4.52. The highest BCUT2D eigenvalue weighted by molar-refractivity contribution is 9.10. The van der Waals surface area contributed by atoms with Crippen LogP contribution in [0.25, 0.3) is 11.0 Å². The third kappa shape index (κ3) is 4.36. The predicted octanol–water partition coefficient (Wildman–Crippen LogP) is 0.352. The predicted molar refractivity (Wildman–Crippen MR) is 82.2 cm³/mol. The number of aromatic amines is 2. The van der Waals surface area contributed by atoms with Gasteiger partial charge in [0.05, 0.1) is 17.6 Å². The molecule has 0 atom stereocenters. The molecule has 1 heterocycles. The number of hydrogen-bond donors (Lipinski definition) is 4. The van der Waals surface area contributed by atoms with E-state index in [2.05, 4.69) is 30.5 Å². The zero-order chi connectivity index (χ0) is 17.4. The molecule has 12 heteroatoms. The van der Waals surface area contributed by atoms with Crippen LogP contribution in [0.5, 0.6) is 0 Å². The molecule has 2 aromatic rings. The first-order valence-electron chi connectivity index (χ1n) is 6.05. The first-order valence-corrected chi connectivity index (χ1v) is 8.37. The van der Waals surface area contributed by atoms with Gasteiger partial charge in [0.15, 0.2) is 0 Å². The van der Waals surface area contributed by atoms with Crippen molar-refractivity contribution in [2.24, 2.45) is 0 Å². The molecule has 10 nitrogen and oxygen atoms in total. The number of carbonyl (C=O) groups is 1. The lowest BCUT2D eigenvalue weighted by Crippen LogP contribution is -2.30. The van der Waals surface area contributed by atoms with Gasteiger partial charge in [0.25, 0.3) is 0 Å². The SMILES string of the molecule is CC(=O)N(Cc1cc(Br)cc2[nH]c(=O)c(=O)[nH]c12)OP(=O)(O)O. The molecule has 0 bridgehead atoms. The molecule has 0 aliphatic carbocycles. The lowest BCUT2D eigenvalue weighted by molar-refractivity contribution is -0.161. The maximum Gasteiger partial charge on any atom is 0.491 e. The van der Waals surface area contributed by atoms with Crippen LogP contribution in [0.3, 0.4) is 0 Å². The fraction of sp³-hybridized carbons (Fsp3) is 0.182. The average molecular weight is 408 g/mol. The zero-order valence-electron chi connectivity index (χ0n) is 11.6. The van der Waals surface area contributed by atoms with E-state index in [0.29, 0.717) is 15.1 Å². The summed E-state index contributed by atoms with van der Waals surface area (Å²) in [5.41, 5.74) is -0.966. The van der Waals surface area contributed by atoms with E-state index >= 15 is 0 Å². The Labute approximate surface area is 136 Å². The van der Waals surface area contributed by atoms with Crippen LogP contribution >= 0.6 is 23.8 Å². The van der Waals surface area contributed by atoms with Crippen LogP contribution in [-0.2, 0) is 20.5 Å². The van der Waals surface area contributed by atoms with Crippen molar-refractivity contribution in [2.45, 2.75) is 13.5 Å². The number of H-pyrrole nitrogens is 2. The number of nitrogens with zero attached hydrogens (tertiary/aromatic N) is 1. The third-order valence-corrected chi connectivity index (χ3v) is 3.62. The molecule has 0 unspecified atom stereocenters. The fourth-order valence-electron chi connectivity index (χ4n) is 1.86. The Hall–Kier alpha value is -1.78. The molecule has 2 rings (SSSR count). The molecule has 0 saturated heterocycles. The Morgan fingerprint density at radius 1 is 1.30 bits per heavy atom. The second-order valence-corrected chi connectivity index (χ2v) is 6.58. The van der Waals surface area contributed by atoms with Crippen LogP contribution in [0, 0.1) is 0 Å². The molecule has 4 N–H and O–H groups in total. The first-order chi connectivity index (χ1) is 10.6. The quantitative estimate of drug-likeness (QED) is 0.324. The number of amides is 1. The van der Waals surface area contributed by atoms with Gasteiger partial charge in [-0.1, -0.05) is 15.9 Å². The summed E-state index contributed by atoms with van der Waals surface area (Å²) in [6.45, 7) is 0.693. The summed E-state index contributed by atoms with van der Waals surface area (Å²) in [5, 5.41) is 0.464. The van der Waals surface area contributed by atoms with Gasteiger partial charge in [0, 0.05) is 17.0 Å². The van der Waals surface area contributed by atoms with Crippen molar-refractivity contribution in [3.8, 4) is 0 Å². The van der Waals surface area contributed by atoms with Gasteiger partial charge < -0.3 is 19.8 Å². The van der Waals surface area contributed by atoms with Crippen LogP contribution < -0.4 is 11.1 Å². The molecule has 1 aromatic heterocycles. The van der Waals surface area contributed by atoms with E-state index in [-0.39, 0.29) is 17.6 Å². The summed E-state index contributed by atoms with van der Waals surface area (Å²) in [6.07, 6.45) is 0. The van der Waals surface area contributed by atoms with Gasteiger partial charge in [0.1, 0.15) is 0 Å². The maximum atomic E-state index is 11.5. The topological polar surface area (TPSA) is 153 Å². The molecule has 0 fully saturated rings. The van der Waals surface area contributed by atoms with E-state index in [9.17, 15) is 18.9 Å². The zero-order valence-corrected chi connectivity index (χ0v) is 14.1. The number of rotatable bonds is 4. The number of fused-ring (bicyclic) bond motifs is 1. The normalized spacial score (nSPS) is 11.7. The lowest BCUT2D eigenvalue weighted by Gasteiger charge is -2.21. The van der Waals surface area contributed by atoms with E-state index < -0.39 is 24.8 Å². The van der Waals surface area contributed by atoms with Crippen LogP contribution in [0.4, 0.5) is 0 Å². The van der Waals surface area contributed by atoms with Crippen molar-refractivity contribution in [1.82, 2.24) is 15.0 Å². The monoisotopic (exact) mass is 407 g/mol. The van der Waals surface area contributed by atoms with Gasteiger partial charge >= 0.3 is 18.9 Å². The van der Waals surface area contributed by atoms with Crippen LogP contribution in [0.2, 0.25) is 0 Å². The minimum absolute atomic E-state index is 0.207. The van der Waals surface area contributed by atoms with Gasteiger partial charge in [0.2, 0.25) is 5.91 Å². The van der Waals surface area contributed by atoms with E-state index in [4.69, 9.17) is 9.79 Å². The molecule has 23 heavy (non-hydrogen) atoms. The number of carbonyl (C=O) groups excluding carboxylic acids is 1. The Morgan fingerprint density at radius 3 is 2.48 bits per heavy atom. The van der Waals surface area contributed by atoms with Crippen LogP contribution in [0.15, 0.2) is 26.2 Å². The number of phosphoric acid groups is 1. The number of hydroxylamine groups is 2. The van der Waals surface area contributed by atoms with Gasteiger partial charge in [-0.05, 0) is 12.1 Å². The van der Waals surface area contributed by atoms with Gasteiger partial charge in [-0.3, -0.25) is 14.4 Å². The van der Waals surface area contributed by atoms with E-state index in [1.807, 2.05) is 0 Å². The van der Waals surface area contributed by atoms with Gasteiger partial charge in [-0.25, -0.2) is 9.63 Å². The summed E-state index contributed by atoms with van der Waals surface area (Å²) in [5.74, 6) is -0.756. The minimum Gasteiger partial charge on any atom is -0.316 e. The number of halogens is 1. The Balaban J connectivity index is 2.55. The molecule has 0 saturated carbocycles. The number of hydrogen-bond acceptors (Lipinski definition) is 5. The van der Waals surface area contributed by atoms with Crippen molar-refractivity contribution >= 4 is 40.7 Å². The highest BCUT2D eigenvalue weighted by Crippen LogP contribution is 2.38. The maximum absolute atomic E-state index is 11.5. The van der Waals surface area contributed by atoms with Crippen molar-refractivity contribution in [2.75, 3.05) is 0 Å². The van der Waals surface area contributed by atoms with Crippen LogP contribution in [-0.4, -0.2) is 30.7 Å².